The molecule has 3 rings (SSSR count). The molecule has 0 aliphatic carbocycles. The Bertz CT molecular complexity index is 985. The van der Waals surface area contributed by atoms with Gasteiger partial charge in [-0.15, -0.1) is 10.2 Å². The minimum Gasteiger partial charge on any atom is -0.313 e. The van der Waals surface area contributed by atoms with Gasteiger partial charge in [0.25, 0.3) is 0 Å². The molecule has 128 valence electrons. The average Bonchev–Trinajstić information content (AvgIpc) is 3.04. The molecule has 26 heavy (non-hydrogen) atoms. The van der Waals surface area contributed by atoms with E-state index in [-0.39, 0.29) is 11.6 Å². The first-order valence-corrected chi connectivity index (χ1v) is 7.92. The van der Waals surface area contributed by atoms with Gasteiger partial charge >= 0.3 is 0 Å². The van der Waals surface area contributed by atoms with Crippen molar-refractivity contribution in [2.24, 2.45) is 7.05 Å². The molecule has 3 aromatic rings. The van der Waals surface area contributed by atoms with E-state index in [0.29, 0.717) is 11.4 Å². The van der Waals surface area contributed by atoms with E-state index in [9.17, 15) is 14.4 Å². The Labute approximate surface area is 150 Å². The number of benzene rings is 2. The molecule has 0 amide bonds. The van der Waals surface area contributed by atoms with Crippen LogP contribution in [0.5, 0.6) is 0 Å². The third kappa shape index (κ3) is 3.57. The lowest BCUT2D eigenvalue weighted by molar-refractivity contribution is -0.115. The second kappa shape index (κ2) is 7.53. The summed E-state index contributed by atoms with van der Waals surface area (Å²) in [5.74, 6) is -0.972. The Balaban J connectivity index is 1.85. The molecule has 0 saturated carbocycles. The summed E-state index contributed by atoms with van der Waals surface area (Å²) in [5.41, 5.74) is 1.51. The predicted octanol–water partition coefficient (Wildman–Crippen LogP) is 3.51. The molecule has 2 aromatic carbocycles. The summed E-state index contributed by atoms with van der Waals surface area (Å²) in [7, 11) is 1.72. The van der Waals surface area contributed by atoms with E-state index in [1.807, 2.05) is 36.4 Å². The van der Waals surface area contributed by atoms with Crippen LogP contribution >= 0.6 is 0 Å². The van der Waals surface area contributed by atoms with Gasteiger partial charge in [-0.05, 0) is 23.8 Å². The van der Waals surface area contributed by atoms with E-state index in [0.717, 1.165) is 5.56 Å². The molecular weight excluding hydrogens is 331 g/mol. The van der Waals surface area contributed by atoms with Gasteiger partial charge in [0.05, 0.1) is 6.07 Å². The maximum Gasteiger partial charge on any atom is 0.180 e. The summed E-state index contributed by atoms with van der Waals surface area (Å²) >= 11 is 0. The molecule has 1 aromatic heterocycles. The number of carbonyl (C=O) groups excluding carboxylic acids is 1. The highest BCUT2D eigenvalue weighted by Crippen LogP contribution is 2.22. The number of halogens is 1. The quantitative estimate of drug-likeness (QED) is 0.663. The van der Waals surface area contributed by atoms with Crippen molar-refractivity contribution in [3.05, 3.63) is 77.9 Å². The highest BCUT2D eigenvalue weighted by atomic mass is 19.1. The molecule has 1 unspecified atom stereocenters. The molecule has 0 saturated heterocycles. The van der Waals surface area contributed by atoms with Gasteiger partial charge in [0.15, 0.2) is 23.3 Å². The van der Waals surface area contributed by atoms with Crippen LogP contribution in [0.1, 0.15) is 17.3 Å². The minimum atomic E-state index is -1.07. The van der Waals surface area contributed by atoms with Gasteiger partial charge in [0, 0.05) is 12.6 Å². The van der Waals surface area contributed by atoms with Crippen LogP contribution in [-0.2, 0) is 11.8 Å². The van der Waals surface area contributed by atoms with Crippen LogP contribution in [0.3, 0.4) is 0 Å². The summed E-state index contributed by atoms with van der Waals surface area (Å²) in [6.45, 7) is 0. The number of aromatic nitrogens is 3. The van der Waals surface area contributed by atoms with Crippen LogP contribution in [-0.4, -0.2) is 20.5 Å². The van der Waals surface area contributed by atoms with E-state index in [2.05, 4.69) is 10.2 Å². The van der Waals surface area contributed by atoms with E-state index in [4.69, 9.17) is 0 Å². The number of ketones is 1. The Morgan fingerprint density at radius 2 is 1.85 bits per heavy atom. The lowest BCUT2D eigenvalue weighted by atomic mass is 10.0. The normalized spacial score (nSPS) is 12.0. The van der Waals surface area contributed by atoms with Crippen LogP contribution in [0, 0.1) is 17.1 Å². The van der Waals surface area contributed by atoms with E-state index in [1.165, 1.54) is 18.2 Å². The first kappa shape index (κ1) is 17.2. The number of hydrogen-bond acceptors (Lipinski definition) is 4. The zero-order valence-corrected chi connectivity index (χ0v) is 14.0. The third-order valence-corrected chi connectivity index (χ3v) is 3.92. The molecule has 6 heteroatoms. The first-order chi connectivity index (χ1) is 12.6. The maximum absolute atomic E-state index is 12.9. The number of hydrogen-bond donors (Lipinski definition) is 0. The minimum absolute atomic E-state index is 0.278. The lowest BCUT2D eigenvalue weighted by Crippen LogP contribution is -2.13. The van der Waals surface area contributed by atoms with Crippen molar-refractivity contribution in [2.45, 2.75) is 5.92 Å². The Morgan fingerprint density at radius 1 is 1.15 bits per heavy atom. The van der Waals surface area contributed by atoms with E-state index < -0.39 is 11.7 Å². The zero-order valence-electron chi connectivity index (χ0n) is 14.0. The van der Waals surface area contributed by atoms with E-state index >= 15 is 0 Å². The molecule has 0 bridgehead atoms. The van der Waals surface area contributed by atoms with Crippen molar-refractivity contribution in [2.75, 3.05) is 0 Å². The van der Waals surface area contributed by atoms with Gasteiger partial charge < -0.3 is 4.57 Å². The molecule has 0 aliphatic heterocycles. The van der Waals surface area contributed by atoms with Gasteiger partial charge in [0.2, 0.25) is 0 Å². The summed E-state index contributed by atoms with van der Waals surface area (Å²) in [6.07, 6.45) is 2.85. The van der Waals surface area contributed by atoms with E-state index in [1.54, 1.807) is 29.8 Å². The van der Waals surface area contributed by atoms with Gasteiger partial charge in [0.1, 0.15) is 5.82 Å². The molecule has 1 heterocycles. The fourth-order valence-corrected chi connectivity index (χ4v) is 2.53. The summed E-state index contributed by atoms with van der Waals surface area (Å²) in [4.78, 5) is 12.4. The maximum atomic E-state index is 12.9. The molecule has 0 spiro atoms. The van der Waals surface area contributed by atoms with Crippen molar-refractivity contribution in [1.29, 1.82) is 5.26 Å². The van der Waals surface area contributed by atoms with Crippen LogP contribution < -0.4 is 0 Å². The molecule has 0 aliphatic rings. The van der Waals surface area contributed by atoms with Gasteiger partial charge in [-0.25, -0.2) is 4.39 Å². The number of allylic oxidation sites excluding steroid dienone is 1. The van der Waals surface area contributed by atoms with Crippen molar-refractivity contribution in [3.63, 3.8) is 0 Å². The van der Waals surface area contributed by atoms with Crippen molar-refractivity contribution in [1.82, 2.24) is 14.8 Å². The SMILES string of the molecule is Cn1c(-c2ccccc2)nnc1C(C#N)C(=O)C=Cc1ccc(F)cc1. The number of carbonyl (C=O) groups is 1. The lowest BCUT2D eigenvalue weighted by Gasteiger charge is -2.06. The highest BCUT2D eigenvalue weighted by molar-refractivity contribution is 5.99. The molecule has 1 atom stereocenters. The van der Waals surface area contributed by atoms with Crippen LogP contribution in [0.2, 0.25) is 0 Å². The first-order valence-electron chi connectivity index (χ1n) is 7.92. The second-order valence-electron chi connectivity index (χ2n) is 5.66. The zero-order chi connectivity index (χ0) is 18.5. The molecular formula is C20H15FN4O. The highest BCUT2D eigenvalue weighted by Gasteiger charge is 2.25. The second-order valence-corrected chi connectivity index (χ2v) is 5.66. The summed E-state index contributed by atoms with van der Waals surface area (Å²) < 4.78 is 14.6. The fourth-order valence-electron chi connectivity index (χ4n) is 2.53. The monoisotopic (exact) mass is 346 g/mol. The Kier molecular flexibility index (Phi) is 4.99. The summed E-state index contributed by atoms with van der Waals surface area (Å²) in [5, 5.41) is 17.6. The molecule has 5 nitrogen and oxygen atoms in total. The topological polar surface area (TPSA) is 71.6 Å². The number of nitriles is 1. The van der Waals surface area contributed by atoms with Crippen molar-refractivity contribution in [3.8, 4) is 17.5 Å². The molecule has 0 N–H and O–H groups in total. The van der Waals surface area contributed by atoms with Gasteiger partial charge in [-0.2, -0.15) is 5.26 Å². The summed E-state index contributed by atoms with van der Waals surface area (Å²) in [6, 6.07) is 17.1. The van der Waals surface area contributed by atoms with Crippen LogP contribution in [0.25, 0.3) is 17.5 Å². The van der Waals surface area contributed by atoms with Crippen LogP contribution in [0.4, 0.5) is 4.39 Å². The fraction of sp³-hybridized carbons (Fsp3) is 0.100. The Hall–Kier alpha value is -3.59. The van der Waals surface area contributed by atoms with Crippen molar-refractivity contribution >= 4 is 11.9 Å². The number of nitrogens with zero attached hydrogens (tertiary/aromatic N) is 4. The number of rotatable bonds is 5. The third-order valence-electron chi connectivity index (χ3n) is 3.92. The smallest absolute Gasteiger partial charge is 0.180 e. The average molecular weight is 346 g/mol. The molecule has 0 radical (unpaired) electrons. The largest absolute Gasteiger partial charge is 0.313 e. The standard InChI is InChI=1S/C20H15FN4O/c1-25-19(15-5-3-2-4-6-15)23-24-20(25)17(13-22)18(26)12-9-14-7-10-16(21)11-8-14/h2-12,17H,1H3. The molecule has 0 fully saturated rings. The van der Waals surface area contributed by atoms with Crippen molar-refractivity contribution < 1.29 is 9.18 Å². The van der Waals surface area contributed by atoms with Gasteiger partial charge in [-0.1, -0.05) is 48.5 Å². The predicted molar refractivity (Wildman–Crippen MR) is 95.2 cm³/mol. The van der Waals surface area contributed by atoms with Gasteiger partial charge in [-0.3, -0.25) is 4.79 Å². The van der Waals surface area contributed by atoms with Crippen LogP contribution in [0.15, 0.2) is 60.7 Å². The Morgan fingerprint density at radius 3 is 2.50 bits per heavy atom.